The molecule has 2 aromatic carbocycles. The molecule has 0 unspecified atom stereocenters. The number of fused-ring (bicyclic) bond motifs is 1. The number of hydrogen-bond acceptors (Lipinski definition) is 6. The number of imidazole rings is 1. The number of rotatable bonds is 6. The van der Waals surface area contributed by atoms with Crippen molar-refractivity contribution >= 4 is 27.3 Å². The molecule has 0 aliphatic heterocycles. The first-order valence-electron chi connectivity index (χ1n) is 8.20. The molecule has 7 nitrogen and oxygen atoms in total. The third-order valence-electron chi connectivity index (χ3n) is 3.79. The highest BCUT2D eigenvalue weighted by Gasteiger charge is 2.13. The van der Waals surface area contributed by atoms with Crippen LogP contribution in [0.15, 0.2) is 60.8 Å². The Morgan fingerprint density at radius 2 is 1.85 bits per heavy atom. The molecular weight excluding hydrogens is 364 g/mol. The van der Waals surface area contributed by atoms with E-state index in [1.165, 1.54) is 11.3 Å². The molecule has 27 heavy (non-hydrogen) atoms. The van der Waals surface area contributed by atoms with Crippen molar-refractivity contribution in [3.8, 4) is 22.8 Å². The Hall–Kier alpha value is -3.39. The number of amides is 1. The van der Waals surface area contributed by atoms with Crippen LogP contribution in [0.4, 0.5) is 5.13 Å². The van der Waals surface area contributed by atoms with Crippen LogP contribution in [0, 0.1) is 0 Å². The molecule has 0 aliphatic carbocycles. The maximum absolute atomic E-state index is 12.1. The number of aromatic nitrogens is 3. The Balaban J connectivity index is 1.41. The van der Waals surface area contributed by atoms with Gasteiger partial charge >= 0.3 is 0 Å². The van der Waals surface area contributed by atoms with E-state index in [9.17, 15) is 4.79 Å². The summed E-state index contributed by atoms with van der Waals surface area (Å²) in [5, 5.41) is 7.54. The quantitative estimate of drug-likeness (QED) is 0.554. The molecule has 1 amide bonds. The highest BCUT2D eigenvalue weighted by Crippen LogP contribution is 2.26. The van der Waals surface area contributed by atoms with E-state index in [-0.39, 0.29) is 12.5 Å². The van der Waals surface area contributed by atoms with Crippen molar-refractivity contribution < 1.29 is 14.3 Å². The average molecular weight is 380 g/mol. The first-order chi connectivity index (χ1) is 13.2. The van der Waals surface area contributed by atoms with Gasteiger partial charge in [0.1, 0.15) is 0 Å². The van der Waals surface area contributed by atoms with Gasteiger partial charge in [0.05, 0.1) is 19.0 Å². The fourth-order valence-electron chi connectivity index (χ4n) is 2.54. The van der Waals surface area contributed by atoms with E-state index in [2.05, 4.69) is 15.4 Å². The molecule has 136 valence electrons. The van der Waals surface area contributed by atoms with Crippen LogP contribution in [0.5, 0.6) is 11.5 Å². The third-order valence-corrected chi connectivity index (χ3v) is 4.62. The molecule has 0 atom stereocenters. The molecule has 0 spiro atoms. The summed E-state index contributed by atoms with van der Waals surface area (Å²) in [6.45, 7) is -0.141. The number of benzene rings is 2. The second-order valence-corrected chi connectivity index (χ2v) is 6.57. The van der Waals surface area contributed by atoms with Gasteiger partial charge in [-0.15, -0.1) is 5.10 Å². The molecule has 0 aliphatic rings. The highest BCUT2D eigenvalue weighted by atomic mass is 32.1. The van der Waals surface area contributed by atoms with Crippen molar-refractivity contribution in [3.05, 3.63) is 60.8 Å². The van der Waals surface area contributed by atoms with Gasteiger partial charge in [-0.25, -0.2) is 9.50 Å². The zero-order chi connectivity index (χ0) is 18.6. The number of nitrogens with zero attached hydrogens (tertiary/aromatic N) is 3. The number of hydrogen-bond donors (Lipinski definition) is 1. The lowest BCUT2D eigenvalue weighted by atomic mass is 10.2. The van der Waals surface area contributed by atoms with Gasteiger partial charge in [-0.05, 0) is 12.1 Å². The zero-order valence-corrected chi connectivity index (χ0v) is 15.3. The number of nitrogens with one attached hydrogen (secondary N) is 1. The molecule has 4 aromatic rings. The maximum Gasteiger partial charge on any atom is 0.264 e. The summed E-state index contributed by atoms with van der Waals surface area (Å²) >= 11 is 1.30. The molecule has 2 aromatic heterocycles. The third kappa shape index (κ3) is 3.75. The molecule has 1 N–H and O–H groups in total. The summed E-state index contributed by atoms with van der Waals surface area (Å²) in [6.07, 6.45) is 1.84. The van der Waals surface area contributed by atoms with Crippen molar-refractivity contribution in [1.29, 1.82) is 0 Å². The van der Waals surface area contributed by atoms with E-state index in [4.69, 9.17) is 9.47 Å². The van der Waals surface area contributed by atoms with Gasteiger partial charge in [-0.2, -0.15) is 0 Å². The minimum atomic E-state index is -0.304. The zero-order valence-electron chi connectivity index (χ0n) is 14.5. The predicted molar refractivity (Wildman–Crippen MR) is 103 cm³/mol. The van der Waals surface area contributed by atoms with Crippen molar-refractivity contribution in [1.82, 2.24) is 14.6 Å². The number of para-hydroxylation sites is 2. The summed E-state index contributed by atoms with van der Waals surface area (Å²) in [5.74, 6) is 0.782. The monoisotopic (exact) mass is 380 g/mol. The fraction of sp³-hybridized carbons (Fsp3) is 0.105. The molecule has 0 saturated carbocycles. The predicted octanol–water partition coefficient (Wildman–Crippen LogP) is 3.48. The van der Waals surface area contributed by atoms with Gasteiger partial charge in [0.15, 0.2) is 18.1 Å². The van der Waals surface area contributed by atoms with Crippen molar-refractivity contribution in [2.45, 2.75) is 0 Å². The number of ether oxygens (including phenoxy) is 2. The molecule has 2 heterocycles. The Kier molecular flexibility index (Phi) is 4.71. The molecule has 0 radical (unpaired) electrons. The molecule has 8 heteroatoms. The first kappa shape index (κ1) is 17.0. The van der Waals surface area contributed by atoms with E-state index in [1.54, 1.807) is 23.8 Å². The number of carbonyl (C=O) groups is 1. The Labute approximate surface area is 159 Å². The van der Waals surface area contributed by atoms with Crippen LogP contribution >= 0.6 is 11.3 Å². The van der Waals surface area contributed by atoms with Gasteiger partial charge in [-0.3, -0.25) is 10.1 Å². The van der Waals surface area contributed by atoms with Crippen molar-refractivity contribution in [2.24, 2.45) is 0 Å². The lowest BCUT2D eigenvalue weighted by Gasteiger charge is -2.09. The van der Waals surface area contributed by atoms with Crippen LogP contribution < -0.4 is 14.8 Å². The summed E-state index contributed by atoms with van der Waals surface area (Å²) in [6, 6.07) is 17.0. The van der Waals surface area contributed by atoms with Gasteiger partial charge < -0.3 is 9.47 Å². The van der Waals surface area contributed by atoms with E-state index in [0.717, 1.165) is 11.3 Å². The SMILES string of the molecule is COc1ccccc1OCC(=O)Nc1nn2cc(-c3ccccc3)nc2s1. The molecule has 0 bridgehead atoms. The Morgan fingerprint density at radius 3 is 2.59 bits per heavy atom. The van der Waals surface area contributed by atoms with E-state index in [0.29, 0.717) is 21.6 Å². The first-order valence-corrected chi connectivity index (χ1v) is 9.02. The average Bonchev–Trinajstić information content (AvgIpc) is 3.26. The van der Waals surface area contributed by atoms with Crippen LogP contribution in [0.1, 0.15) is 0 Å². The number of anilines is 1. The van der Waals surface area contributed by atoms with Crippen LogP contribution in [-0.4, -0.2) is 34.2 Å². The maximum atomic E-state index is 12.1. The smallest absolute Gasteiger partial charge is 0.264 e. The van der Waals surface area contributed by atoms with E-state index < -0.39 is 0 Å². The lowest BCUT2D eigenvalue weighted by molar-refractivity contribution is -0.118. The summed E-state index contributed by atoms with van der Waals surface area (Å²) in [7, 11) is 1.55. The molecule has 4 rings (SSSR count). The summed E-state index contributed by atoms with van der Waals surface area (Å²) < 4.78 is 12.4. The second kappa shape index (κ2) is 7.46. The van der Waals surface area contributed by atoms with Gasteiger partial charge in [-0.1, -0.05) is 53.8 Å². The molecular formula is C19H16N4O3S. The Morgan fingerprint density at radius 1 is 1.11 bits per heavy atom. The summed E-state index contributed by atoms with van der Waals surface area (Å²) in [5.41, 5.74) is 1.86. The lowest BCUT2D eigenvalue weighted by Crippen LogP contribution is -2.20. The summed E-state index contributed by atoms with van der Waals surface area (Å²) in [4.78, 5) is 17.4. The van der Waals surface area contributed by atoms with Crippen LogP contribution in [0.25, 0.3) is 16.2 Å². The van der Waals surface area contributed by atoms with Crippen molar-refractivity contribution in [3.63, 3.8) is 0 Å². The second-order valence-electron chi connectivity index (χ2n) is 5.61. The van der Waals surface area contributed by atoms with E-state index >= 15 is 0 Å². The van der Waals surface area contributed by atoms with Gasteiger partial charge in [0, 0.05) is 5.56 Å². The molecule has 0 fully saturated rings. The van der Waals surface area contributed by atoms with Gasteiger partial charge in [0.25, 0.3) is 5.91 Å². The number of methoxy groups -OCH3 is 1. The minimum Gasteiger partial charge on any atom is -0.493 e. The fourth-order valence-corrected chi connectivity index (χ4v) is 3.33. The number of carbonyl (C=O) groups excluding carboxylic acids is 1. The minimum absolute atomic E-state index is 0.141. The van der Waals surface area contributed by atoms with Crippen LogP contribution in [0.2, 0.25) is 0 Å². The van der Waals surface area contributed by atoms with Gasteiger partial charge in [0.2, 0.25) is 10.1 Å². The van der Waals surface area contributed by atoms with Crippen LogP contribution in [0.3, 0.4) is 0 Å². The normalized spacial score (nSPS) is 10.7. The highest BCUT2D eigenvalue weighted by molar-refractivity contribution is 7.20. The standard InChI is InChI=1S/C19H16N4O3S/c1-25-15-9-5-6-10-16(15)26-12-17(24)21-18-22-23-11-14(20-19(23)27-18)13-7-3-2-4-8-13/h2-11H,12H2,1H3,(H,21,22,24). The Bertz CT molecular complexity index is 1040. The van der Waals surface area contributed by atoms with Crippen molar-refractivity contribution in [2.75, 3.05) is 19.0 Å². The molecule has 0 saturated heterocycles. The van der Waals surface area contributed by atoms with Crippen LogP contribution in [-0.2, 0) is 4.79 Å². The van der Waals surface area contributed by atoms with E-state index in [1.807, 2.05) is 48.7 Å². The topological polar surface area (TPSA) is 77.8 Å². The largest absolute Gasteiger partial charge is 0.493 e.